The molecule has 0 aliphatic rings. The van der Waals surface area contributed by atoms with Gasteiger partial charge in [-0.2, -0.15) is 0 Å². The highest BCUT2D eigenvalue weighted by Crippen LogP contribution is 2.17. The van der Waals surface area contributed by atoms with Gasteiger partial charge in [0.25, 0.3) is 0 Å². The fourth-order valence-corrected chi connectivity index (χ4v) is 1.68. The van der Waals surface area contributed by atoms with Gasteiger partial charge in [0.2, 0.25) is 5.95 Å². The van der Waals surface area contributed by atoms with Crippen molar-refractivity contribution < 1.29 is 4.39 Å². The number of nitrogens with zero attached hydrogens (tertiary/aromatic N) is 3. The molecule has 0 saturated carbocycles. The molecule has 0 saturated heterocycles. The van der Waals surface area contributed by atoms with Crippen LogP contribution in [0.5, 0.6) is 0 Å². The molecule has 1 aromatic carbocycles. The summed E-state index contributed by atoms with van der Waals surface area (Å²) in [6, 6.07) is 4.76. The number of hydrogen-bond donors (Lipinski definition) is 0. The molecule has 0 atom stereocenters. The summed E-state index contributed by atoms with van der Waals surface area (Å²) in [5.74, 6) is 0.198. The predicted molar refractivity (Wildman–Crippen MR) is 70.3 cm³/mol. The van der Waals surface area contributed by atoms with E-state index in [2.05, 4.69) is 9.97 Å². The predicted octanol–water partition coefficient (Wildman–Crippen LogP) is 3.21. The number of benzene rings is 1. The quantitative estimate of drug-likeness (QED) is 0.853. The van der Waals surface area contributed by atoms with E-state index in [0.29, 0.717) is 12.5 Å². The second-order valence-electron chi connectivity index (χ2n) is 4.16. The molecule has 0 aliphatic heterocycles. The van der Waals surface area contributed by atoms with Crippen LogP contribution in [0.15, 0.2) is 30.6 Å². The van der Waals surface area contributed by atoms with Crippen molar-refractivity contribution in [3.63, 3.8) is 0 Å². The molecule has 0 amide bonds. The van der Waals surface area contributed by atoms with E-state index in [1.54, 1.807) is 24.5 Å². The first-order valence-electron chi connectivity index (χ1n) is 5.50. The number of halogens is 2. The summed E-state index contributed by atoms with van der Waals surface area (Å²) in [6.07, 6.45) is 3.50. The number of hydrogen-bond acceptors (Lipinski definition) is 3. The first-order chi connectivity index (χ1) is 8.56. The highest BCUT2D eigenvalue weighted by atomic mass is 35.5. The Hall–Kier alpha value is -1.68. The summed E-state index contributed by atoms with van der Waals surface area (Å²) in [7, 11) is 1.86. The smallest absolute Gasteiger partial charge is 0.225 e. The van der Waals surface area contributed by atoms with Gasteiger partial charge in [0, 0.05) is 26.0 Å². The summed E-state index contributed by atoms with van der Waals surface area (Å²) in [6.45, 7) is 2.45. The molecule has 94 valence electrons. The second kappa shape index (κ2) is 5.31. The molecule has 0 spiro atoms. The molecular formula is C13H13ClFN3. The Morgan fingerprint density at radius 3 is 2.56 bits per heavy atom. The SMILES string of the molecule is Cc1cnc(N(C)Cc2ccc(Cl)c(F)c2)nc1. The van der Waals surface area contributed by atoms with E-state index in [-0.39, 0.29) is 5.02 Å². The molecule has 2 aromatic rings. The average Bonchev–Trinajstić information content (AvgIpc) is 2.34. The zero-order valence-electron chi connectivity index (χ0n) is 10.2. The van der Waals surface area contributed by atoms with Gasteiger partial charge in [-0.25, -0.2) is 14.4 Å². The Balaban J connectivity index is 2.13. The number of anilines is 1. The van der Waals surface area contributed by atoms with Crippen LogP contribution in [-0.2, 0) is 6.54 Å². The third-order valence-corrected chi connectivity index (χ3v) is 2.82. The van der Waals surface area contributed by atoms with Crippen LogP contribution in [-0.4, -0.2) is 17.0 Å². The van der Waals surface area contributed by atoms with Gasteiger partial charge in [0.15, 0.2) is 0 Å². The molecule has 1 aromatic heterocycles. The number of rotatable bonds is 3. The average molecular weight is 266 g/mol. The van der Waals surface area contributed by atoms with E-state index in [1.165, 1.54) is 6.07 Å². The molecular weight excluding hydrogens is 253 g/mol. The van der Waals surface area contributed by atoms with Crippen LogP contribution in [0.25, 0.3) is 0 Å². The molecule has 18 heavy (non-hydrogen) atoms. The standard InChI is InChI=1S/C13H13ClFN3/c1-9-6-16-13(17-7-9)18(2)8-10-3-4-11(14)12(15)5-10/h3-7H,8H2,1-2H3. The molecule has 0 fully saturated rings. The summed E-state index contributed by atoms with van der Waals surface area (Å²) in [5, 5.41) is 0.132. The molecule has 0 unspecified atom stereocenters. The molecule has 3 nitrogen and oxygen atoms in total. The van der Waals surface area contributed by atoms with E-state index < -0.39 is 5.82 Å². The van der Waals surface area contributed by atoms with E-state index in [1.807, 2.05) is 18.9 Å². The maximum Gasteiger partial charge on any atom is 0.225 e. The van der Waals surface area contributed by atoms with E-state index in [9.17, 15) is 4.39 Å². The van der Waals surface area contributed by atoms with Crippen LogP contribution in [0.1, 0.15) is 11.1 Å². The highest BCUT2D eigenvalue weighted by molar-refractivity contribution is 6.30. The van der Waals surface area contributed by atoms with E-state index in [4.69, 9.17) is 11.6 Å². The fourth-order valence-electron chi connectivity index (χ4n) is 1.57. The normalized spacial score (nSPS) is 10.4. The Morgan fingerprint density at radius 1 is 1.28 bits per heavy atom. The van der Waals surface area contributed by atoms with Crippen molar-refractivity contribution in [1.29, 1.82) is 0 Å². The van der Waals surface area contributed by atoms with E-state index in [0.717, 1.165) is 11.1 Å². The summed E-state index contributed by atoms with van der Waals surface area (Å²) >= 11 is 5.64. The zero-order chi connectivity index (χ0) is 13.1. The van der Waals surface area contributed by atoms with Gasteiger partial charge in [-0.05, 0) is 30.2 Å². The largest absolute Gasteiger partial charge is 0.340 e. The Bertz CT molecular complexity index is 542. The summed E-state index contributed by atoms with van der Waals surface area (Å²) in [5.41, 5.74) is 1.83. The Kier molecular flexibility index (Phi) is 3.77. The highest BCUT2D eigenvalue weighted by Gasteiger charge is 2.07. The lowest BCUT2D eigenvalue weighted by Crippen LogP contribution is -2.19. The first kappa shape index (κ1) is 12.8. The Morgan fingerprint density at radius 2 is 1.94 bits per heavy atom. The fraction of sp³-hybridized carbons (Fsp3) is 0.231. The second-order valence-corrected chi connectivity index (χ2v) is 4.57. The van der Waals surface area contributed by atoms with Crippen molar-refractivity contribution in [1.82, 2.24) is 9.97 Å². The minimum atomic E-state index is -0.410. The van der Waals surface area contributed by atoms with Crippen molar-refractivity contribution in [3.8, 4) is 0 Å². The van der Waals surface area contributed by atoms with Gasteiger partial charge in [0.05, 0.1) is 5.02 Å². The van der Waals surface area contributed by atoms with Crippen LogP contribution >= 0.6 is 11.6 Å². The van der Waals surface area contributed by atoms with Crippen LogP contribution in [0.3, 0.4) is 0 Å². The van der Waals surface area contributed by atoms with Crippen molar-refractivity contribution in [2.24, 2.45) is 0 Å². The Labute approximate surface area is 110 Å². The van der Waals surface area contributed by atoms with Crippen molar-refractivity contribution in [3.05, 3.63) is 52.6 Å². The monoisotopic (exact) mass is 265 g/mol. The van der Waals surface area contributed by atoms with Crippen LogP contribution in [0.2, 0.25) is 5.02 Å². The summed E-state index contributed by atoms with van der Waals surface area (Å²) < 4.78 is 13.3. The van der Waals surface area contributed by atoms with Gasteiger partial charge in [0.1, 0.15) is 5.82 Å². The topological polar surface area (TPSA) is 29.0 Å². The minimum absolute atomic E-state index is 0.132. The van der Waals surface area contributed by atoms with Crippen molar-refractivity contribution in [2.45, 2.75) is 13.5 Å². The lowest BCUT2D eigenvalue weighted by Gasteiger charge is -2.17. The van der Waals surface area contributed by atoms with Crippen LogP contribution < -0.4 is 4.90 Å². The number of aryl methyl sites for hydroxylation is 1. The van der Waals surface area contributed by atoms with Crippen LogP contribution in [0, 0.1) is 12.7 Å². The first-order valence-corrected chi connectivity index (χ1v) is 5.88. The lowest BCUT2D eigenvalue weighted by molar-refractivity contribution is 0.625. The molecule has 1 heterocycles. The summed E-state index contributed by atoms with van der Waals surface area (Å²) in [4.78, 5) is 10.3. The van der Waals surface area contributed by atoms with Gasteiger partial charge in [-0.3, -0.25) is 0 Å². The number of aromatic nitrogens is 2. The van der Waals surface area contributed by atoms with Gasteiger partial charge >= 0.3 is 0 Å². The van der Waals surface area contributed by atoms with Crippen molar-refractivity contribution >= 4 is 17.5 Å². The maximum absolute atomic E-state index is 13.3. The van der Waals surface area contributed by atoms with E-state index >= 15 is 0 Å². The molecule has 0 N–H and O–H groups in total. The zero-order valence-corrected chi connectivity index (χ0v) is 10.9. The van der Waals surface area contributed by atoms with Gasteiger partial charge in [-0.1, -0.05) is 17.7 Å². The third kappa shape index (κ3) is 2.96. The third-order valence-electron chi connectivity index (χ3n) is 2.51. The maximum atomic E-state index is 13.3. The molecule has 0 aliphatic carbocycles. The van der Waals surface area contributed by atoms with Gasteiger partial charge < -0.3 is 4.90 Å². The molecule has 2 rings (SSSR count). The van der Waals surface area contributed by atoms with Gasteiger partial charge in [-0.15, -0.1) is 0 Å². The lowest BCUT2D eigenvalue weighted by atomic mass is 10.2. The van der Waals surface area contributed by atoms with Crippen molar-refractivity contribution in [2.75, 3.05) is 11.9 Å². The molecule has 0 radical (unpaired) electrons. The minimum Gasteiger partial charge on any atom is -0.340 e. The van der Waals surface area contributed by atoms with Crippen LogP contribution in [0.4, 0.5) is 10.3 Å². The molecule has 0 bridgehead atoms. The molecule has 5 heteroatoms.